The van der Waals surface area contributed by atoms with Gasteiger partial charge in [0.15, 0.2) is 17.3 Å². The third-order valence-corrected chi connectivity index (χ3v) is 8.57. The summed E-state index contributed by atoms with van der Waals surface area (Å²) in [5.41, 5.74) is 3.11. The molecule has 8 heteroatoms. The lowest BCUT2D eigenvalue weighted by Gasteiger charge is -2.27. The number of nitrogens with zero attached hydrogens (tertiary/aromatic N) is 1. The molecule has 0 bridgehead atoms. The minimum absolute atomic E-state index is 0.0384. The predicted octanol–water partition coefficient (Wildman–Crippen LogP) is 6.83. The number of hydrogen-bond acceptors (Lipinski definition) is 5. The van der Waals surface area contributed by atoms with E-state index in [2.05, 4.69) is 0 Å². The van der Waals surface area contributed by atoms with Crippen LogP contribution in [0.5, 0.6) is 11.5 Å². The van der Waals surface area contributed by atoms with Gasteiger partial charge in [0.05, 0.1) is 5.02 Å². The van der Waals surface area contributed by atoms with Gasteiger partial charge in [-0.2, -0.15) is 0 Å². The van der Waals surface area contributed by atoms with Crippen LogP contribution in [0.25, 0.3) is 16.2 Å². The molecule has 5 nitrogen and oxygen atoms in total. The summed E-state index contributed by atoms with van der Waals surface area (Å²) in [5.74, 6) is 1.04. The Kier molecular flexibility index (Phi) is 6.41. The van der Waals surface area contributed by atoms with E-state index in [0.717, 1.165) is 26.8 Å². The summed E-state index contributed by atoms with van der Waals surface area (Å²) in [7, 11) is 0. The molecule has 1 aliphatic heterocycles. The lowest BCUT2D eigenvalue weighted by molar-refractivity contribution is -0.115. The SMILES string of the molecule is O=C1Cc2cc3c(cc2C=C1CN(Cc1ccccc1Cl)C(=O)c1sc2ccccc2c1Cl)OCCO3. The van der Waals surface area contributed by atoms with Gasteiger partial charge in [-0.05, 0) is 47.0 Å². The van der Waals surface area contributed by atoms with E-state index in [-0.39, 0.29) is 31.2 Å². The van der Waals surface area contributed by atoms with Crippen molar-refractivity contribution < 1.29 is 19.1 Å². The number of ketones is 1. The summed E-state index contributed by atoms with van der Waals surface area (Å²) >= 11 is 14.5. The molecule has 0 atom stereocenters. The zero-order valence-electron chi connectivity index (χ0n) is 19.6. The zero-order chi connectivity index (χ0) is 25.5. The first-order valence-corrected chi connectivity index (χ1v) is 13.4. The molecule has 2 aliphatic rings. The number of rotatable bonds is 5. The smallest absolute Gasteiger partial charge is 0.266 e. The van der Waals surface area contributed by atoms with Crippen molar-refractivity contribution in [3.8, 4) is 11.5 Å². The molecule has 0 saturated carbocycles. The summed E-state index contributed by atoms with van der Waals surface area (Å²) in [5, 5.41) is 1.82. The fourth-order valence-corrected chi connectivity index (χ4v) is 6.33. The van der Waals surface area contributed by atoms with Gasteiger partial charge in [0, 0.05) is 40.2 Å². The molecular formula is C29H21Cl2NO4S. The van der Waals surface area contributed by atoms with Crippen LogP contribution in [0, 0.1) is 0 Å². The molecule has 6 rings (SSSR count). The lowest BCUT2D eigenvalue weighted by atomic mass is 9.90. The molecule has 1 amide bonds. The first-order valence-electron chi connectivity index (χ1n) is 11.8. The first-order chi connectivity index (χ1) is 18.0. The fraction of sp³-hybridized carbons (Fsp3) is 0.172. The molecule has 1 aromatic heterocycles. The topological polar surface area (TPSA) is 55.8 Å². The molecule has 2 heterocycles. The number of carbonyl (C=O) groups excluding carboxylic acids is 2. The van der Waals surface area contributed by atoms with E-state index in [1.165, 1.54) is 11.3 Å². The number of amides is 1. The van der Waals surface area contributed by atoms with Crippen LogP contribution in [0.2, 0.25) is 10.0 Å². The van der Waals surface area contributed by atoms with Crippen LogP contribution in [-0.2, 0) is 17.8 Å². The Morgan fingerprint density at radius 3 is 2.46 bits per heavy atom. The number of thiophene rings is 1. The van der Waals surface area contributed by atoms with Gasteiger partial charge < -0.3 is 14.4 Å². The predicted molar refractivity (Wildman–Crippen MR) is 147 cm³/mol. The number of fused-ring (bicyclic) bond motifs is 3. The van der Waals surface area contributed by atoms with Crippen LogP contribution in [0.3, 0.4) is 0 Å². The second-order valence-electron chi connectivity index (χ2n) is 8.96. The van der Waals surface area contributed by atoms with Crippen molar-refractivity contribution in [2.75, 3.05) is 19.8 Å². The average molecular weight is 550 g/mol. The minimum atomic E-state index is -0.243. The number of benzene rings is 3. The summed E-state index contributed by atoms with van der Waals surface area (Å²) in [6, 6.07) is 18.8. The minimum Gasteiger partial charge on any atom is -0.486 e. The van der Waals surface area contributed by atoms with Gasteiger partial charge in [-0.1, -0.05) is 59.6 Å². The van der Waals surface area contributed by atoms with E-state index in [9.17, 15) is 9.59 Å². The molecule has 0 unspecified atom stereocenters. The molecule has 4 aromatic rings. The van der Waals surface area contributed by atoms with Crippen molar-refractivity contribution in [3.05, 3.63) is 97.8 Å². The number of Topliss-reactive ketones (excluding diaryl/α,β-unsaturated/α-hetero) is 1. The Hall–Kier alpha value is -3.32. The molecule has 1 aliphatic carbocycles. The van der Waals surface area contributed by atoms with Gasteiger partial charge in [0.1, 0.15) is 18.1 Å². The number of halogens is 2. The highest BCUT2D eigenvalue weighted by Crippen LogP contribution is 2.38. The van der Waals surface area contributed by atoms with Crippen molar-refractivity contribution in [1.29, 1.82) is 0 Å². The van der Waals surface area contributed by atoms with Crippen molar-refractivity contribution in [3.63, 3.8) is 0 Å². The van der Waals surface area contributed by atoms with Gasteiger partial charge in [-0.3, -0.25) is 9.59 Å². The molecule has 0 radical (unpaired) electrons. The third-order valence-electron chi connectivity index (χ3n) is 6.54. The molecule has 186 valence electrons. The van der Waals surface area contributed by atoms with Crippen LogP contribution in [0.1, 0.15) is 26.4 Å². The number of hydrogen-bond donors (Lipinski definition) is 0. The maximum atomic E-state index is 13.9. The van der Waals surface area contributed by atoms with Gasteiger partial charge in [0.2, 0.25) is 0 Å². The van der Waals surface area contributed by atoms with E-state index in [0.29, 0.717) is 45.2 Å². The van der Waals surface area contributed by atoms with Gasteiger partial charge in [-0.15, -0.1) is 11.3 Å². The van der Waals surface area contributed by atoms with Crippen LogP contribution >= 0.6 is 34.5 Å². The summed E-state index contributed by atoms with van der Waals surface area (Å²) in [6.45, 7) is 1.33. The number of ether oxygens (including phenoxy) is 2. The molecule has 0 spiro atoms. The molecule has 0 saturated heterocycles. The second-order valence-corrected chi connectivity index (χ2v) is 10.8. The maximum absolute atomic E-state index is 13.9. The van der Waals surface area contributed by atoms with E-state index in [4.69, 9.17) is 32.7 Å². The summed E-state index contributed by atoms with van der Waals surface area (Å²) in [6.07, 6.45) is 2.08. The molecular weight excluding hydrogens is 529 g/mol. The van der Waals surface area contributed by atoms with Gasteiger partial charge in [0.25, 0.3) is 5.91 Å². The van der Waals surface area contributed by atoms with Gasteiger partial charge >= 0.3 is 0 Å². The maximum Gasteiger partial charge on any atom is 0.266 e. The zero-order valence-corrected chi connectivity index (χ0v) is 22.0. The Bertz CT molecular complexity index is 1590. The standard InChI is InChI=1S/C29H21Cl2NO4S/c30-22-7-3-1-5-17(22)15-32(29(34)28-27(31)21-6-2-4-8-26(21)37-28)16-20-11-18-13-24-25(36-10-9-35-24)14-19(18)12-23(20)33/h1-8,11,13-14H,9-10,12,15-16H2. The largest absolute Gasteiger partial charge is 0.486 e. The van der Waals surface area contributed by atoms with Crippen molar-refractivity contribution in [2.45, 2.75) is 13.0 Å². The highest BCUT2D eigenvalue weighted by atomic mass is 35.5. The fourth-order valence-electron chi connectivity index (χ4n) is 4.66. The van der Waals surface area contributed by atoms with Crippen molar-refractivity contribution in [2.24, 2.45) is 0 Å². The van der Waals surface area contributed by atoms with Crippen molar-refractivity contribution >= 4 is 62.4 Å². The Labute approximate surface area is 227 Å². The van der Waals surface area contributed by atoms with E-state index >= 15 is 0 Å². The second kappa shape index (κ2) is 9.86. The highest BCUT2D eigenvalue weighted by Gasteiger charge is 2.28. The molecule has 37 heavy (non-hydrogen) atoms. The van der Waals surface area contributed by atoms with E-state index in [1.54, 1.807) is 11.0 Å². The van der Waals surface area contributed by atoms with Gasteiger partial charge in [-0.25, -0.2) is 0 Å². The summed E-state index contributed by atoms with van der Waals surface area (Å²) < 4.78 is 12.3. The highest BCUT2D eigenvalue weighted by molar-refractivity contribution is 7.21. The van der Waals surface area contributed by atoms with Crippen LogP contribution in [0.15, 0.2) is 66.2 Å². The molecule has 0 fully saturated rings. The Morgan fingerprint density at radius 1 is 0.946 bits per heavy atom. The van der Waals surface area contributed by atoms with Crippen LogP contribution < -0.4 is 9.47 Å². The van der Waals surface area contributed by atoms with E-state index in [1.807, 2.05) is 60.7 Å². The van der Waals surface area contributed by atoms with Crippen LogP contribution in [0.4, 0.5) is 0 Å². The van der Waals surface area contributed by atoms with E-state index < -0.39 is 0 Å². The third kappa shape index (κ3) is 4.61. The Morgan fingerprint density at radius 2 is 1.68 bits per heavy atom. The normalized spacial score (nSPS) is 14.3. The number of carbonyl (C=O) groups is 2. The molecule has 0 N–H and O–H groups in total. The van der Waals surface area contributed by atoms with Crippen molar-refractivity contribution in [1.82, 2.24) is 4.90 Å². The van der Waals surface area contributed by atoms with Crippen LogP contribution in [-0.4, -0.2) is 36.3 Å². The average Bonchev–Trinajstić information content (AvgIpc) is 3.24. The first kappa shape index (κ1) is 24.0. The summed E-state index contributed by atoms with van der Waals surface area (Å²) in [4.78, 5) is 29.2. The molecule has 3 aromatic carbocycles. The lowest BCUT2D eigenvalue weighted by Crippen LogP contribution is -2.34. The quantitative estimate of drug-likeness (QED) is 0.273. The Balaban J connectivity index is 1.38. The monoisotopic (exact) mass is 549 g/mol.